The maximum absolute atomic E-state index is 5.56. The first-order valence-electron chi connectivity index (χ1n) is 2.67. The van der Waals surface area contributed by atoms with E-state index in [1.807, 2.05) is 11.4 Å². The van der Waals surface area contributed by atoms with Gasteiger partial charge in [0.1, 0.15) is 4.88 Å². The van der Waals surface area contributed by atoms with Crippen LogP contribution in [0.15, 0.2) is 11.4 Å². The lowest BCUT2D eigenvalue weighted by atomic mass is 10.4. The fourth-order valence-corrected chi connectivity index (χ4v) is 1.57. The van der Waals surface area contributed by atoms with Crippen LogP contribution in [0, 0.1) is 0 Å². The second kappa shape index (κ2) is 2.98. The Kier molecular flexibility index (Phi) is 2.24. The maximum atomic E-state index is 5.56. The molecule has 1 rings (SSSR count). The SMILES string of the molecule is COC(=S)c1sccc1N. The molecule has 0 fully saturated rings. The van der Waals surface area contributed by atoms with Gasteiger partial charge in [0.2, 0.25) is 5.05 Å². The molecule has 1 aromatic heterocycles. The Balaban J connectivity index is 2.93. The lowest BCUT2D eigenvalue weighted by Crippen LogP contribution is -1.99. The van der Waals surface area contributed by atoms with Crippen LogP contribution in [0.2, 0.25) is 0 Å². The molecule has 0 aliphatic rings. The number of hydrogen-bond donors (Lipinski definition) is 1. The third-order valence-electron chi connectivity index (χ3n) is 1.07. The van der Waals surface area contributed by atoms with Crippen molar-refractivity contribution in [1.82, 2.24) is 0 Å². The molecule has 0 unspecified atom stereocenters. The Labute approximate surface area is 68.6 Å². The summed E-state index contributed by atoms with van der Waals surface area (Å²) in [5.74, 6) is 0. The highest BCUT2D eigenvalue weighted by molar-refractivity contribution is 7.80. The summed E-state index contributed by atoms with van der Waals surface area (Å²) in [5, 5.41) is 2.35. The molecule has 2 nitrogen and oxygen atoms in total. The predicted molar refractivity (Wildman–Crippen MR) is 47.4 cm³/mol. The molecule has 4 heteroatoms. The van der Waals surface area contributed by atoms with Crippen LogP contribution < -0.4 is 5.73 Å². The molecule has 1 heterocycles. The van der Waals surface area contributed by atoms with Crippen molar-refractivity contribution in [3.63, 3.8) is 0 Å². The van der Waals surface area contributed by atoms with E-state index in [0.717, 1.165) is 4.88 Å². The highest BCUT2D eigenvalue weighted by Crippen LogP contribution is 2.19. The van der Waals surface area contributed by atoms with Gasteiger partial charge in [-0.1, -0.05) is 0 Å². The van der Waals surface area contributed by atoms with E-state index in [1.165, 1.54) is 11.3 Å². The van der Waals surface area contributed by atoms with Crippen LogP contribution in [0.1, 0.15) is 4.88 Å². The summed E-state index contributed by atoms with van der Waals surface area (Å²) < 4.78 is 4.84. The van der Waals surface area contributed by atoms with E-state index in [9.17, 15) is 0 Å². The van der Waals surface area contributed by atoms with E-state index in [1.54, 1.807) is 7.11 Å². The quantitative estimate of drug-likeness (QED) is 0.656. The Morgan fingerprint density at radius 3 is 2.90 bits per heavy atom. The molecule has 10 heavy (non-hydrogen) atoms. The van der Waals surface area contributed by atoms with Crippen LogP contribution in [0.25, 0.3) is 0 Å². The van der Waals surface area contributed by atoms with Crippen LogP contribution >= 0.6 is 23.6 Å². The fourth-order valence-electron chi connectivity index (χ4n) is 0.578. The molecule has 0 amide bonds. The van der Waals surface area contributed by atoms with Crippen molar-refractivity contribution < 1.29 is 4.74 Å². The number of nitrogen functional groups attached to an aromatic ring is 1. The average molecular weight is 173 g/mol. The van der Waals surface area contributed by atoms with Crippen molar-refractivity contribution in [3.05, 3.63) is 16.3 Å². The summed E-state index contributed by atoms with van der Waals surface area (Å²) in [6.07, 6.45) is 0. The number of thiophene rings is 1. The van der Waals surface area contributed by atoms with Crippen LogP contribution in [0.4, 0.5) is 5.69 Å². The molecule has 0 aliphatic carbocycles. The molecule has 0 saturated carbocycles. The highest BCUT2D eigenvalue weighted by atomic mass is 32.1. The third kappa shape index (κ3) is 1.27. The minimum Gasteiger partial charge on any atom is -0.486 e. The number of methoxy groups -OCH3 is 1. The van der Waals surface area contributed by atoms with Gasteiger partial charge < -0.3 is 10.5 Å². The van der Waals surface area contributed by atoms with Gasteiger partial charge in [-0.05, 0) is 23.7 Å². The molecule has 0 atom stereocenters. The molecule has 0 aromatic carbocycles. The number of nitrogens with two attached hydrogens (primary N) is 1. The number of ether oxygens (including phenoxy) is 1. The Morgan fingerprint density at radius 1 is 1.80 bits per heavy atom. The summed E-state index contributed by atoms with van der Waals surface area (Å²) in [5.41, 5.74) is 6.25. The molecule has 0 saturated heterocycles. The summed E-state index contributed by atoms with van der Waals surface area (Å²) in [6, 6.07) is 1.81. The van der Waals surface area contributed by atoms with Gasteiger partial charge in [0.05, 0.1) is 12.8 Å². The van der Waals surface area contributed by atoms with Crippen molar-refractivity contribution in [2.45, 2.75) is 0 Å². The molecule has 54 valence electrons. The summed E-state index contributed by atoms with van der Waals surface area (Å²) in [7, 11) is 1.54. The van der Waals surface area contributed by atoms with Gasteiger partial charge >= 0.3 is 0 Å². The summed E-state index contributed by atoms with van der Waals surface area (Å²) in [6.45, 7) is 0. The number of thiocarbonyl (C=S) groups is 1. The molecule has 0 aliphatic heterocycles. The average Bonchev–Trinajstić information content (AvgIpc) is 2.34. The van der Waals surface area contributed by atoms with Crippen molar-refractivity contribution in [3.8, 4) is 0 Å². The summed E-state index contributed by atoms with van der Waals surface area (Å²) >= 11 is 6.36. The normalized spacial score (nSPS) is 9.30. The van der Waals surface area contributed by atoms with E-state index in [4.69, 9.17) is 22.7 Å². The van der Waals surface area contributed by atoms with Crippen LogP contribution in [-0.4, -0.2) is 12.2 Å². The monoisotopic (exact) mass is 173 g/mol. The molecule has 2 N–H and O–H groups in total. The Hall–Kier alpha value is -0.610. The third-order valence-corrected chi connectivity index (χ3v) is 2.50. The molecule has 1 aromatic rings. The van der Waals surface area contributed by atoms with E-state index in [0.29, 0.717) is 10.7 Å². The minimum atomic E-state index is 0.465. The molecule has 0 spiro atoms. The fraction of sp³-hybridized carbons (Fsp3) is 0.167. The first-order valence-corrected chi connectivity index (χ1v) is 3.95. The van der Waals surface area contributed by atoms with Gasteiger partial charge in [-0.3, -0.25) is 0 Å². The first kappa shape index (κ1) is 7.50. The predicted octanol–water partition coefficient (Wildman–Crippen LogP) is 1.65. The number of rotatable bonds is 1. The number of anilines is 1. The van der Waals surface area contributed by atoms with Crippen LogP contribution in [0.5, 0.6) is 0 Å². The molecule has 0 bridgehead atoms. The zero-order valence-electron chi connectivity index (χ0n) is 5.46. The molecular formula is C6H7NOS2. The van der Waals surface area contributed by atoms with Gasteiger partial charge in [-0.2, -0.15) is 0 Å². The van der Waals surface area contributed by atoms with E-state index >= 15 is 0 Å². The minimum absolute atomic E-state index is 0.465. The van der Waals surface area contributed by atoms with E-state index in [2.05, 4.69) is 0 Å². The largest absolute Gasteiger partial charge is 0.486 e. The van der Waals surface area contributed by atoms with Gasteiger partial charge in [0, 0.05) is 0 Å². The zero-order chi connectivity index (χ0) is 7.56. The van der Waals surface area contributed by atoms with Crippen molar-refractivity contribution in [1.29, 1.82) is 0 Å². The van der Waals surface area contributed by atoms with E-state index in [-0.39, 0.29) is 0 Å². The topological polar surface area (TPSA) is 35.2 Å². The zero-order valence-corrected chi connectivity index (χ0v) is 7.09. The Morgan fingerprint density at radius 2 is 2.50 bits per heavy atom. The maximum Gasteiger partial charge on any atom is 0.203 e. The van der Waals surface area contributed by atoms with E-state index < -0.39 is 0 Å². The van der Waals surface area contributed by atoms with Crippen molar-refractivity contribution >= 4 is 34.3 Å². The highest BCUT2D eigenvalue weighted by Gasteiger charge is 2.05. The second-order valence-electron chi connectivity index (χ2n) is 1.70. The molecule has 0 radical (unpaired) electrons. The standard InChI is InChI=1S/C6H7NOS2/c1-8-6(9)5-4(7)2-3-10-5/h2-3H,7H2,1H3. The lowest BCUT2D eigenvalue weighted by molar-refractivity contribution is 0.417. The first-order chi connectivity index (χ1) is 4.75. The molecular weight excluding hydrogens is 166 g/mol. The van der Waals surface area contributed by atoms with Gasteiger partial charge in [-0.25, -0.2) is 0 Å². The second-order valence-corrected chi connectivity index (χ2v) is 2.98. The number of hydrogen-bond acceptors (Lipinski definition) is 4. The van der Waals surface area contributed by atoms with Crippen LogP contribution in [-0.2, 0) is 4.74 Å². The smallest absolute Gasteiger partial charge is 0.203 e. The van der Waals surface area contributed by atoms with Gasteiger partial charge in [-0.15, -0.1) is 11.3 Å². The van der Waals surface area contributed by atoms with Gasteiger partial charge in [0.25, 0.3) is 0 Å². The Bertz CT molecular complexity index is 244. The summed E-state index contributed by atoms with van der Waals surface area (Å²) in [4.78, 5) is 0.845. The van der Waals surface area contributed by atoms with Crippen molar-refractivity contribution in [2.24, 2.45) is 0 Å². The lowest BCUT2D eigenvalue weighted by Gasteiger charge is -1.98. The van der Waals surface area contributed by atoms with Crippen LogP contribution in [0.3, 0.4) is 0 Å². The van der Waals surface area contributed by atoms with Gasteiger partial charge in [0.15, 0.2) is 0 Å². The van der Waals surface area contributed by atoms with Crippen molar-refractivity contribution in [2.75, 3.05) is 12.8 Å².